The average Bonchev–Trinajstić information content (AvgIpc) is 2.84. The van der Waals surface area contributed by atoms with Crippen molar-refractivity contribution in [2.45, 2.75) is 47.3 Å². The molecule has 0 saturated heterocycles. The number of hydrogen-bond donors (Lipinski definition) is 1. The van der Waals surface area contributed by atoms with Crippen molar-refractivity contribution in [1.82, 2.24) is 4.65 Å². The monoisotopic (exact) mass is 391 g/mol. The van der Waals surface area contributed by atoms with Crippen molar-refractivity contribution in [1.29, 1.82) is 0 Å². The molecule has 1 aliphatic carbocycles. The predicted octanol–water partition coefficient (Wildman–Crippen LogP) is 5.01. The first kappa shape index (κ1) is 20.1. The van der Waals surface area contributed by atoms with Gasteiger partial charge in [0.05, 0.1) is 0 Å². The van der Waals surface area contributed by atoms with Gasteiger partial charge in [0, 0.05) is 0 Å². The van der Waals surface area contributed by atoms with E-state index in [-0.39, 0.29) is 0 Å². The van der Waals surface area contributed by atoms with E-state index in [2.05, 4.69) is 113 Å². The maximum atomic E-state index is 4.34. The SMILES string of the molecule is CC1=C(C)C(C)C([Si](N[Si](C)(C)C)(c2ccccc2)c2ccccc2)=C1C. The lowest BCUT2D eigenvalue weighted by Gasteiger charge is -2.42. The first-order chi connectivity index (χ1) is 12.7. The first-order valence-corrected chi connectivity index (χ1v) is 15.5. The maximum absolute atomic E-state index is 4.34. The van der Waals surface area contributed by atoms with Crippen molar-refractivity contribution in [3.8, 4) is 0 Å². The molecule has 0 aromatic heterocycles. The molecule has 1 nitrogen and oxygen atoms in total. The summed E-state index contributed by atoms with van der Waals surface area (Å²) in [5.74, 6) is 0.487. The van der Waals surface area contributed by atoms with E-state index in [1.807, 2.05) is 0 Å². The van der Waals surface area contributed by atoms with Crippen LogP contribution in [-0.4, -0.2) is 16.5 Å². The van der Waals surface area contributed by atoms with Crippen LogP contribution in [0, 0.1) is 5.92 Å². The minimum absolute atomic E-state index is 0.487. The molecule has 1 N–H and O–H groups in total. The fourth-order valence-corrected chi connectivity index (χ4v) is 14.7. The summed E-state index contributed by atoms with van der Waals surface area (Å²) < 4.78 is 4.34. The highest BCUT2D eigenvalue weighted by Crippen LogP contribution is 2.40. The first-order valence-electron chi connectivity index (χ1n) is 9.98. The Morgan fingerprint density at radius 1 is 0.704 bits per heavy atom. The number of benzene rings is 2. The summed E-state index contributed by atoms with van der Waals surface area (Å²) in [5.41, 5.74) is 4.52. The molecule has 1 unspecified atom stereocenters. The highest BCUT2D eigenvalue weighted by molar-refractivity contribution is 7.11. The Hall–Kier alpha value is -1.69. The van der Waals surface area contributed by atoms with Gasteiger partial charge in [-0.25, -0.2) is 0 Å². The maximum Gasteiger partial charge on any atom is 0.212 e. The zero-order chi connectivity index (χ0) is 19.8. The van der Waals surface area contributed by atoms with Crippen LogP contribution in [0.1, 0.15) is 27.7 Å². The van der Waals surface area contributed by atoms with Crippen LogP contribution < -0.4 is 15.0 Å². The summed E-state index contributed by atoms with van der Waals surface area (Å²) in [6.07, 6.45) is 0. The third-order valence-electron chi connectivity index (χ3n) is 6.02. The fourth-order valence-electron chi connectivity index (χ4n) is 4.60. The lowest BCUT2D eigenvalue weighted by atomic mass is 10.1. The Bertz CT molecular complexity index is 834. The van der Waals surface area contributed by atoms with E-state index in [0.717, 1.165) is 0 Å². The van der Waals surface area contributed by atoms with Crippen molar-refractivity contribution >= 4 is 26.8 Å². The van der Waals surface area contributed by atoms with E-state index in [4.69, 9.17) is 0 Å². The van der Waals surface area contributed by atoms with E-state index < -0.39 is 16.5 Å². The van der Waals surface area contributed by atoms with Gasteiger partial charge >= 0.3 is 0 Å². The highest BCUT2D eigenvalue weighted by atomic mass is 28.4. The molecule has 142 valence electrons. The second-order valence-electron chi connectivity index (χ2n) is 8.93. The van der Waals surface area contributed by atoms with E-state index >= 15 is 0 Å². The molecule has 0 saturated carbocycles. The zero-order valence-corrected chi connectivity index (χ0v) is 19.9. The van der Waals surface area contributed by atoms with Crippen molar-refractivity contribution in [3.05, 3.63) is 82.6 Å². The smallest absolute Gasteiger partial charge is 0.212 e. The number of nitrogens with one attached hydrogen (secondary N) is 1. The van der Waals surface area contributed by atoms with Gasteiger partial charge in [-0.15, -0.1) is 0 Å². The molecular weight excluding hydrogens is 358 g/mol. The Kier molecular flexibility index (Phi) is 5.48. The topological polar surface area (TPSA) is 12.0 Å². The molecule has 3 rings (SSSR count). The molecule has 0 amide bonds. The van der Waals surface area contributed by atoms with Gasteiger partial charge in [-0.2, -0.15) is 0 Å². The van der Waals surface area contributed by atoms with Gasteiger partial charge in [0.2, 0.25) is 8.24 Å². The van der Waals surface area contributed by atoms with Gasteiger partial charge in [0.1, 0.15) is 8.24 Å². The molecule has 0 aliphatic heterocycles. The molecule has 1 aliphatic rings. The molecule has 0 heterocycles. The van der Waals surface area contributed by atoms with Crippen molar-refractivity contribution < 1.29 is 0 Å². The minimum Gasteiger partial charge on any atom is -0.349 e. The zero-order valence-electron chi connectivity index (χ0n) is 17.9. The normalized spacial score (nSPS) is 18.4. The van der Waals surface area contributed by atoms with Gasteiger partial charge < -0.3 is 4.65 Å². The third-order valence-corrected chi connectivity index (χ3v) is 14.5. The van der Waals surface area contributed by atoms with E-state index in [1.54, 1.807) is 5.20 Å². The van der Waals surface area contributed by atoms with Crippen LogP contribution in [0.2, 0.25) is 19.6 Å². The Morgan fingerprint density at radius 2 is 1.15 bits per heavy atom. The van der Waals surface area contributed by atoms with E-state index in [1.165, 1.54) is 27.1 Å². The number of hydrogen-bond acceptors (Lipinski definition) is 1. The largest absolute Gasteiger partial charge is 0.349 e. The third kappa shape index (κ3) is 3.56. The summed E-state index contributed by atoms with van der Waals surface area (Å²) in [6, 6.07) is 22.5. The molecule has 2 aromatic rings. The molecule has 3 heteroatoms. The summed E-state index contributed by atoms with van der Waals surface area (Å²) in [6.45, 7) is 16.7. The predicted molar refractivity (Wildman–Crippen MR) is 125 cm³/mol. The second-order valence-corrected chi connectivity index (χ2v) is 17.6. The Morgan fingerprint density at radius 3 is 1.48 bits per heavy atom. The van der Waals surface area contributed by atoms with Gasteiger partial charge in [-0.05, 0) is 47.8 Å². The lowest BCUT2D eigenvalue weighted by molar-refractivity contribution is 0.847. The Labute approximate surface area is 167 Å². The summed E-state index contributed by atoms with van der Waals surface area (Å²) in [5, 5.41) is 4.60. The fraction of sp³-hybridized carbons (Fsp3) is 0.333. The number of allylic oxidation sites excluding steroid dienone is 4. The average molecular weight is 392 g/mol. The van der Waals surface area contributed by atoms with E-state index in [9.17, 15) is 0 Å². The van der Waals surface area contributed by atoms with Crippen molar-refractivity contribution in [2.75, 3.05) is 0 Å². The number of rotatable bonds is 5. The van der Waals surface area contributed by atoms with Crippen LogP contribution in [0.25, 0.3) is 0 Å². The molecule has 0 bridgehead atoms. The molecule has 2 aromatic carbocycles. The minimum atomic E-state index is -2.31. The summed E-state index contributed by atoms with van der Waals surface area (Å²) in [4.78, 5) is 0. The molecule has 27 heavy (non-hydrogen) atoms. The molecular formula is C24H33NSi2. The molecule has 0 radical (unpaired) electrons. The van der Waals surface area contributed by atoms with Crippen LogP contribution in [0.15, 0.2) is 82.6 Å². The van der Waals surface area contributed by atoms with Crippen LogP contribution in [0.3, 0.4) is 0 Å². The van der Waals surface area contributed by atoms with Crippen LogP contribution >= 0.6 is 0 Å². The molecule has 1 atom stereocenters. The van der Waals surface area contributed by atoms with Crippen LogP contribution in [0.4, 0.5) is 0 Å². The summed E-state index contributed by atoms with van der Waals surface area (Å²) >= 11 is 0. The quantitative estimate of drug-likeness (QED) is 0.706. The highest BCUT2D eigenvalue weighted by Gasteiger charge is 2.48. The molecule has 0 fully saturated rings. The van der Waals surface area contributed by atoms with Crippen LogP contribution in [0.5, 0.6) is 0 Å². The van der Waals surface area contributed by atoms with Gasteiger partial charge in [-0.3, -0.25) is 0 Å². The van der Waals surface area contributed by atoms with Crippen LogP contribution in [-0.2, 0) is 0 Å². The van der Waals surface area contributed by atoms with Crippen molar-refractivity contribution in [2.24, 2.45) is 5.92 Å². The van der Waals surface area contributed by atoms with Crippen molar-refractivity contribution in [3.63, 3.8) is 0 Å². The van der Waals surface area contributed by atoms with Gasteiger partial charge in [0.25, 0.3) is 0 Å². The summed E-state index contributed by atoms with van der Waals surface area (Å²) in [7, 11) is -3.88. The lowest BCUT2D eigenvalue weighted by Crippen LogP contribution is -2.76. The van der Waals surface area contributed by atoms with Gasteiger partial charge in [0.15, 0.2) is 0 Å². The standard InChI is InChI=1S/C24H33NSi2/c1-18-19(2)21(4)24(20(18)3)27(25-26(5,6)7,22-14-10-8-11-15-22)23-16-12-9-13-17-23/h8-17,20,25H,1-7H3. The molecule has 0 spiro atoms. The Balaban J connectivity index is 2.39. The van der Waals surface area contributed by atoms with Gasteiger partial charge in [-0.1, -0.05) is 98.4 Å². The van der Waals surface area contributed by atoms with E-state index in [0.29, 0.717) is 5.92 Å². The second kappa shape index (κ2) is 7.38.